The van der Waals surface area contributed by atoms with Crippen LogP contribution in [-0.4, -0.2) is 5.78 Å². The monoisotopic (exact) mass is 178 g/mol. The second-order valence-electron chi connectivity index (χ2n) is 6.24. The molecule has 1 nitrogen and oxygen atoms in total. The number of carbonyl (C=O) groups is 1. The third-order valence-corrected chi connectivity index (χ3v) is 6.12. The number of carbonyl (C=O) groups excluding carboxylic acids is 1. The van der Waals surface area contributed by atoms with Gasteiger partial charge in [0.2, 0.25) is 0 Å². The van der Waals surface area contributed by atoms with Crippen LogP contribution in [0.3, 0.4) is 0 Å². The van der Waals surface area contributed by atoms with Crippen LogP contribution < -0.4 is 0 Å². The minimum Gasteiger partial charge on any atom is -0.299 e. The maximum absolute atomic E-state index is 12.1. The number of hydrogen-bond acceptors (Lipinski definition) is 1. The highest BCUT2D eigenvalue weighted by molar-refractivity contribution is 5.93. The van der Waals surface area contributed by atoms with Gasteiger partial charge in [-0.15, -0.1) is 0 Å². The van der Waals surface area contributed by atoms with Crippen molar-refractivity contribution in [2.45, 2.75) is 40.5 Å². The Morgan fingerprint density at radius 3 is 2.31 bits per heavy atom. The van der Waals surface area contributed by atoms with Crippen molar-refractivity contribution in [1.82, 2.24) is 0 Å². The van der Waals surface area contributed by atoms with Crippen LogP contribution in [0.4, 0.5) is 0 Å². The SMILES string of the molecule is CC1C(=O)[C@@]2(C)CC3(C)C[C@H]1C32C. The number of hydrogen-bond donors (Lipinski definition) is 0. The predicted octanol–water partition coefficient (Wildman–Crippen LogP) is 2.65. The summed E-state index contributed by atoms with van der Waals surface area (Å²) in [6.45, 7) is 9.07. The average Bonchev–Trinajstić information content (AvgIpc) is 2.16. The van der Waals surface area contributed by atoms with Gasteiger partial charge in [0.25, 0.3) is 0 Å². The van der Waals surface area contributed by atoms with Crippen molar-refractivity contribution in [1.29, 1.82) is 0 Å². The summed E-state index contributed by atoms with van der Waals surface area (Å²) in [6, 6.07) is 0. The molecule has 13 heavy (non-hydrogen) atoms. The summed E-state index contributed by atoms with van der Waals surface area (Å²) in [7, 11) is 0. The van der Waals surface area contributed by atoms with Crippen molar-refractivity contribution < 1.29 is 4.79 Å². The molecule has 0 aliphatic heterocycles. The zero-order valence-electron chi connectivity index (χ0n) is 8.98. The van der Waals surface area contributed by atoms with Crippen LogP contribution in [0.5, 0.6) is 0 Å². The van der Waals surface area contributed by atoms with Gasteiger partial charge in [-0.2, -0.15) is 0 Å². The maximum atomic E-state index is 12.1. The van der Waals surface area contributed by atoms with Gasteiger partial charge in [-0.05, 0) is 29.6 Å². The molecular formula is C12H18O. The Balaban J connectivity index is 2.15. The Morgan fingerprint density at radius 1 is 1.31 bits per heavy atom. The van der Waals surface area contributed by atoms with Crippen molar-refractivity contribution in [3.63, 3.8) is 0 Å². The lowest BCUT2D eigenvalue weighted by Gasteiger charge is -2.75. The zero-order valence-corrected chi connectivity index (χ0v) is 8.98. The molecule has 3 saturated carbocycles. The summed E-state index contributed by atoms with van der Waals surface area (Å²) in [6.07, 6.45) is 2.45. The molecule has 3 aliphatic carbocycles. The van der Waals surface area contributed by atoms with Crippen molar-refractivity contribution in [2.24, 2.45) is 28.1 Å². The van der Waals surface area contributed by atoms with E-state index in [9.17, 15) is 4.79 Å². The van der Waals surface area contributed by atoms with Gasteiger partial charge in [-0.25, -0.2) is 0 Å². The van der Waals surface area contributed by atoms with Gasteiger partial charge in [-0.1, -0.05) is 27.7 Å². The van der Waals surface area contributed by atoms with E-state index in [0.29, 0.717) is 28.4 Å². The highest BCUT2D eigenvalue weighted by Gasteiger charge is 2.83. The highest BCUT2D eigenvalue weighted by Crippen LogP contribution is 2.86. The zero-order chi connectivity index (χ0) is 9.65. The Labute approximate surface area is 79.9 Å². The normalized spacial score (nSPS) is 68.5. The van der Waals surface area contributed by atoms with Crippen molar-refractivity contribution >= 4 is 5.78 Å². The van der Waals surface area contributed by atoms with E-state index in [1.165, 1.54) is 6.42 Å². The lowest BCUT2D eigenvalue weighted by atomic mass is 9.28. The lowest BCUT2D eigenvalue weighted by molar-refractivity contribution is -0.270. The maximum Gasteiger partial charge on any atom is 0.142 e. The van der Waals surface area contributed by atoms with E-state index >= 15 is 0 Å². The molecule has 0 spiro atoms. The fourth-order valence-corrected chi connectivity index (χ4v) is 5.11. The molecule has 0 N–H and O–H groups in total. The summed E-state index contributed by atoms with van der Waals surface area (Å²) in [5.41, 5.74) is 0.910. The Hall–Kier alpha value is -0.330. The molecule has 3 unspecified atom stereocenters. The van der Waals surface area contributed by atoms with Gasteiger partial charge in [0, 0.05) is 11.3 Å². The molecule has 1 heteroatoms. The molecule has 3 rings (SSSR count). The number of Topliss-reactive ketones (excluding diaryl/α,β-unsaturated/α-hetero) is 1. The summed E-state index contributed by atoms with van der Waals surface area (Å²) < 4.78 is 0. The van der Waals surface area contributed by atoms with Crippen molar-refractivity contribution in [3.8, 4) is 0 Å². The predicted molar refractivity (Wildman–Crippen MR) is 51.2 cm³/mol. The summed E-state index contributed by atoms with van der Waals surface area (Å²) in [4.78, 5) is 12.1. The quantitative estimate of drug-likeness (QED) is 0.557. The molecule has 0 aromatic heterocycles. The van der Waals surface area contributed by atoms with E-state index in [1.807, 2.05) is 0 Å². The molecular weight excluding hydrogens is 160 g/mol. The van der Waals surface area contributed by atoms with Gasteiger partial charge in [-0.3, -0.25) is 4.79 Å². The van der Waals surface area contributed by atoms with E-state index < -0.39 is 0 Å². The summed E-state index contributed by atoms with van der Waals surface area (Å²) in [5, 5.41) is 0. The Bertz CT molecular complexity index is 321. The Kier molecular flexibility index (Phi) is 0.997. The molecule has 0 aromatic rings. The molecule has 0 amide bonds. The van der Waals surface area contributed by atoms with E-state index in [0.717, 1.165) is 6.42 Å². The van der Waals surface area contributed by atoms with Gasteiger partial charge >= 0.3 is 0 Å². The van der Waals surface area contributed by atoms with E-state index in [4.69, 9.17) is 0 Å². The topological polar surface area (TPSA) is 17.1 Å². The molecule has 0 heterocycles. The van der Waals surface area contributed by atoms with Crippen LogP contribution in [0, 0.1) is 28.1 Å². The molecule has 3 fully saturated rings. The third-order valence-electron chi connectivity index (χ3n) is 6.12. The van der Waals surface area contributed by atoms with Crippen LogP contribution in [-0.2, 0) is 4.79 Å². The van der Waals surface area contributed by atoms with Crippen LogP contribution in [0.1, 0.15) is 40.5 Å². The molecule has 0 aromatic carbocycles. The third kappa shape index (κ3) is 0.461. The highest BCUT2D eigenvalue weighted by atomic mass is 16.1. The first-order valence-electron chi connectivity index (χ1n) is 5.41. The Morgan fingerprint density at radius 2 is 1.92 bits per heavy atom. The first-order valence-corrected chi connectivity index (χ1v) is 5.41. The van der Waals surface area contributed by atoms with Crippen LogP contribution in [0.25, 0.3) is 0 Å². The van der Waals surface area contributed by atoms with Crippen LogP contribution >= 0.6 is 0 Å². The van der Waals surface area contributed by atoms with Crippen LogP contribution in [0.15, 0.2) is 0 Å². The minimum atomic E-state index is 0.0457. The summed E-state index contributed by atoms with van der Waals surface area (Å²) in [5.74, 6) is 1.59. The van der Waals surface area contributed by atoms with Gasteiger partial charge in [0.15, 0.2) is 0 Å². The van der Waals surface area contributed by atoms with E-state index in [2.05, 4.69) is 27.7 Å². The van der Waals surface area contributed by atoms with Gasteiger partial charge in [0.1, 0.15) is 5.78 Å². The first kappa shape index (κ1) is 8.02. The molecule has 0 saturated heterocycles. The molecule has 0 bridgehead atoms. The van der Waals surface area contributed by atoms with Gasteiger partial charge in [0.05, 0.1) is 0 Å². The lowest BCUT2D eigenvalue weighted by Crippen LogP contribution is -2.70. The van der Waals surface area contributed by atoms with Crippen LogP contribution in [0.2, 0.25) is 0 Å². The standard InChI is InChI=1S/C12H18O/c1-7-8-5-10(2)6-11(3,9(7)13)12(8,10)4/h7-8H,5-6H2,1-4H3/t7?,8-,10?,11-,12?/m1/s1. The molecule has 3 aliphatic rings. The second kappa shape index (κ2) is 1.62. The molecule has 0 radical (unpaired) electrons. The average molecular weight is 178 g/mol. The second-order valence-corrected chi connectivity index (χ2v) is 6.24. The minimum absolute atomic E-state index is 0.0457. The van der Waals surface area contributed by atoms with Crippen molar-refractivity contribution in [3.05, 3.63) is 0 Å². The van der Waals surface area contributed by atoms with E-state index in [1.54, 1.807) is 0 Å². The molecule has 72 valence electrons. The fourth-order valence-electron chi connectivity index (χ4n) is 5.11. The molecule has 5 atom stereocenters. The fraction of sp³-hybridized carbons (Fsp3) is 0.917. The van der Waals surface area contributed by atoms with Gasteiger partial charge < -0.3 is 0 Å². The smallest absolute Gasteiger partial charge is 0.142 e. The first-order chi connectivity index (χ1) is 5.87. The number of ketones is 1. The summed E-state index contributed by atoms with van der Waals surface area (Å²) >= 11 is 0. The largest absolute Gasteiger partial charge is 0.299 e. The van der Waals surface area contributed by atoms with E-state index in [-0.39, 0.29) is 5.41 Å². The number of rotatable bonds is 0. The van der Waals surface area contributed by atoms with Crippen molar-refractivity contribution in [2.75, 3.05) is 0 Å².